The molecule has 0 aromatic heterocycles. The van der Waals surface area contributed by atoms with Crippen LogP contribution in [0.3, 0.4) is 0 Å². The third-order valence-corrected chi connectivity index (χ3v) is 5.10. The highest BCUT2D eigenvalue weighted by Crippen LogP contribution is 2.37. The van der Waals surface area contributed by atoms with Gasteiger partial charge in [0.25, 0.3) is 0 Å². The molecule has 0 amide bonds. The highest BCUT2D eigenvalue weighted by molar-refractivity contribution is 6.33. The van der Waals surface area contributed by atoms with Crippen molar-refractivity contribution in [2.24, 2.45) is 0 Å². The molecule has 0 saturated heterocycles. The van der Waals surface area contributed by atoms with Crippen LogP contribution in [0.25, 0.3) is 0 Å². The zero-order valence-electron chi connectivity index (χ0n) is 15.9. The summed E-state index contributed by atoms with van der Waals surface area (Å²) in [5.41, 5.74) is 2.36. The number of rotatable bonds is 8. The van der Waals surface area contributed by atoms with E-state index in [2.05, 4.69) is 5.32 Å². The Balaban J connectivity index is 1.75. The maximum atomic E-state index is 11.2. The van der Waals surface area contributed by atoms with Crippen LogP contribution in [0.4, 0.5) is 5.69 Å². The predicted molar refractivity (Wildman–Crippen MR) is 120 cm³/mol. The summed E-state index contributed by atoms with van der Waals surface area (Å²) < 4.78 is 11.3. The third-order valence-electron chi connectivity index (χ3n) is 4.26. The van der Waals surface area contributed by atoms with Gasteiger partial charge in [0.05, 0.1) is 28.4 Å². The van der Waals surface area contributed by atoms with Crippen molar-refractivity contribution >= 4 is 46.5 Å². The summed E-state index contributed by atoms with van der Waals surface area (Å²) in [6.45, 7) is 0.638. The molecule has 2 N–H and O–H groups in total. The normalized spacial score (nSPS) is 10.5. The number of hydrogen-bond acceptors (Lipinski definition) is 4. The van der Waals surface area contributed by atoms with Crippen LogP contribution < -0.4 is 14.8 Å². The summed E-state index contributed by atoms with van der Waals surface area (Å²) in [6.07, 6.45) is 0. The van der Waals surface area contributed by atoms with Crippen molar-refractivity contribution in [3.05, 3.63) is 86.4 Å². The Bertz CT molecular complexity index is 1070. The number of carboxylic acids is 1. The number of anilines is 1. The molecular weight excluding hydrogens is 449 g/mol. The van der Waals surface area contributed by atoms with Crippen molar-refractivity contribution in [2.75, 3.05) is 12.4 Å². The first-order valence-corrected chi connectivity index (χ1v) is 10.0. The quantitative estimate of drug-likeness (QED) is 0.394. The second-order valence-electron chi connectivity index (χ2n) is 6.38. The Morgan fingerprint density at radius 3 is 2.50 bits per heavy atom. The van der Waals surface area contributed by atoms with E-state index < -0.39 is 5.97 Å². The molecule has 0 bridgehead atoms. The molecule has 0 unspecified atom stereocenters. The van der Waals surface area contributed by atoms with E-state index in [4.69, 9.17) is 49.4 Å². The zero-order chi connectivity index (χ0) is 21.7. The van der Waals surface area contributed by atoms with Crippen molar-refractivity contribution < 1.29 is 19.4 Å². The first-order valence-electron chi connectivity index (χ1n) is 8.87. The van der Waals surface area contributed by atoms with Crippen molar-refractivity contribution in [2.45, 2.75) is 13.2 Å². The number of aromatic carboxylic acids is 1. The van der Waals surface area contributed by atoms with Gasteiger partial charge < -0.3 is 19.9 Å². The Kier molecular flexibility index (Phi) is 7.32. The summed E-state index contributed by atoms with van der Waals surface area (Å²) >= 11 is 18.6. The topological polar surface area (TPSA) is 67.8 Å². The van der Waals surface area contributed by atoms with Gasteiger partial charge in [0.1, 0.15) is 6.61 Å². The monoisotopic (exact) mass is 465 g/mol. The van der Waals surface area contributed by atoms with Crippen LogP contribution in [0.15, 0.2) is 54.6 Å². The fourth-order valence-electron chi connectivity index (χ4n) is 2.79. The van der Waals surface area contributed by atoms with Gasteiger partial charge in [-0.1, -0.05) is 46.9 Å². The van der Waals surface area contributed by atoms with Crippen LogP contribution in [0.2, 0.25) is 15.1 Å². The van der Waals surface area contributed by atoms with Crippen molar-refractivity contribution in [3.63, 3.8) is 0 Å². The maximum Gasteiger partial charge on any atom is 0.335 e. The fraction of sp³-hybridized carbons (Fsp3) is 0.136. The van der Waals surface area contributed by atoms with Gasteiger partial charge in [-0.05, 0) is 53.6 Å². The minimum atomic E-state index is -1.03. The molecule has 8 heteroatoms. The van der Waals surface area contributed by atoms with E-state index >= 15 is 0 Å². The molecule has 0 heterocycles. The minimum Gasteiger partial charge on any atom is -0.493 e. The number of carbonyl (C=O) groups is 1. The lowest BCUT2D eigenvalue weighted by molar-refractivity contribution is 0.0697. The van der Waals surface area contributed by atoms with E-state index in [0.29, 0.717) is 38.8 Å². The van der Waals surface area contributed by atoms with Gasteiger partial charge in [-0.25, -0.2) is 4.79 Å². The SMILES string of the molecule is COc1cc(CNc2cc(C(=O)O)ccc2Cl)cc(Cl)c1OCc1cccc(Cl)c1. The summed E-state index contributed by atoms with van der Waals surface area (Å²) in [4.78, 5) is 11.2. The first-order chi connectivity index (χ1) is 14.4. The summed E-state index contributed by atoms with van der Waals surface area (Å²) in [5, 5.41) is 13.7. The van der Waals surface area contributed by atoms with Crippen LogP contribution in [0.5, 0.6) is 11.5 Å². The lowest BCUT2D eigenvalue weighted by Crippen LogP contribution is -2.04. The summed E-state index contributed by atoms with van der Waals surface area (Å²) in [7, 11) is 1.53. The number of ether oxygens (including phenoxy) is 2. The molecule has 3 aromatic carbocycles. The minimum absolute atomic E-state index is 0.141. The number of benzene rings is 3. The molecule has 0 radical (unpaired) electrons. The second-order valence-corrected chi connectivity index (χ2v) is 7.63. The van der Waals surface area contributed by atoms with Crippen molar-refractivity contribution in [3.8, 4) is 11.5 Å². The van der Waals surface area contributed by atoms with Crippen LogP contribution in [0.1, 0.15) is 21.5 Å². The zero-order valence-corrected chi connectivity index (χ0v) is 18.2. The van der Waals surface area contributed by atoms with Crippen LogP contribution in [-0.2, 0) is 13.2 Å². The van der Waals surface area contributed by atoms with Crippen LogP contribution in [-0.4, -0.2) is 18.2 Å². The molecule has 3 aromatic rings. The highest BCUT2D eigenvalue weighted by atomic mass is 35.5. The lowest BCUT2D eigenvalue weighted by atomic mass is 10.1. The summed E-state index contributed by atoms with van der Waals surface area (Å²) in [5.74, 6) is -0.124. The lowest BCUT2D eigenvalue weighted by Gasteiger charge is -2.15. The Labute approximate surface area is 189 Å². The molecule has 0 atom stereocenters. The van der Waals surface area contributed by atoms with Gasteiger partial charge in [0.2, 0.25) is 0 Å². The molecule has 156 valence electrons. The smallest absolute Gasteiger partial charge is 0.335 e. The molecule has 0 aliphatic rings. The number of methoxy groups -OCH3 is 1. The third kappa shape index (κ3) is 5.51. The molecule has 30 heavy (non-hydrogen) atoms. The van der Waals surface area contributed by atoms with Gasteiger partial charge in [0, 0.05) is 11.6 Å². The van der Waals surface area contributed by atoms with Gasteiger partial charge in [-0.2, -0.15) is 0 Å². The number of halogens is 3. The van der Waals surface area contributed by atoms with Gasteiger partial charge >= 0.3 is 5.97 Å². The number of carboxylic acid groups (broad SMARTS) is 1. The molecule has 3 rings (SSSR count). The average Bonchev–Trinajstić information content (AvgIpc) is 2.71. The molecule has 0 saturated carbocycles. The number of hydrogen-bond donors (Lipinski definition) is 2. The maximum absolute atomic E-state index is 11.2. The molecule has 5 nitrogen and oxygen atoms in total. The largest absolute Gasteiger partial charge is 0.493 e. The Morgan fingerprint density at radius 2 is 1.80 bits per heavy atom. The Morgan fingerprint density at radius 1 is 1.00 bits per heavy atom. The molecule has 0 aliphatic heterocycles. The highest BCUT2D eigenvalue weighted by Gasteiger charge is 2.13. The van der Waals surface area contributed by atoms with Gasteiger partial charge in [-0.15, -0.1) is 0 Å². The van der Waals surface area contributed by atoms with Crippen LogP contribution >= 0.6 is 34.8 Å². The molecule has 0 fully saturated rings. The van der Waals surface area contributed by atoms with Gasteiger partial charge in [-0.3, -0.25) is 0 Å². The molecule has 0 aliphatic carbocycles. The van der Waals surface area contributed by atoms with Crippen molar-refractivity contribution in [1.29, 1.82) is 0 Å². The van der Waals surface area contributed by atoms with Crippen LogP contribution in [0, 0.1) is 0 Å². The van der Waals surface area contributed by atoms with E-state index in [9.17, 15) is 4.79 Å². The van der Waals surface area contributed by atoms with E-state index in [-0.39, 0.29) is 12.2 Å². The Hall–Kier alpha value is -2.60. The fourth-order valence-corrected chi connectivity index (χ4v) is 3.47. The first kappa shape index (κ1) is 22.1. The average molecular weight is 467 g/mol. The van der Waals surface area contributed by atoms with Gasteiger partial charge in [0.15, 0.2) is 11.5 Å². The standard InChI is InChI=1S/C22H18Cl3NO4/c1-29-20-9-14(11-26-19-10-15(22(27)28)5-6-17(19)24)8-18(25)21(20)30-12-13-3-2-4-16(23)7-13/h2-10,26H,11-12H2,1H3,(H,27,28). The second kappa shape index (κ2) is 9.94. The number of nitrogens with one attached hydrogen (secondary N) is 1. The van der Waals surface area contributed by atoms with E-state index in [1.54, 1.807) is 18.2 Å². The van der Waals surface area contributed by atoms with E-state index in [0.717, 1.165) is 11.1 Å². The summed E-state index contributed by atoms with van der Waals surface area (Å²) in [6, 6.07) is 15.4. The van der Waals surface area contributed by atoms with Crippen molar-refractivity contribution in [1.82, 2.24) is 0 Å². The van der Waals surface area contributed by atoms with E-state index in [1.807, 2.05) is 18.2 Å². The van der Waals surface area contributed by atoms with E-state index in [1.165, 1.54) is 25.3 Å². The predicted octanol–water partition coefficient (Wildman–Crippen LogP) is 6.54. The molecule has 0 spiro atoms. The molecular formula is C22H18Cl3NO4.